The molecule has 1 aromatic carbocycles. The van der Waals surface area contributed by atoms with Gasteiger partial charge in [-0.3, -0.25) is 0 Å². The fraction of sp³-hybridized carbons (Fsp3) is 0.600. The van der Waals surface area contributed by atoms with Crippen LogP contribution in [-0.4, -0.2) is 78.8 Å². The van der Waals surface area contributed by atoms with E-state index in [2.05, 4.69) is 20.8 Å². The van der Waals surface area contributed by atoms with Crippen molar-refractivity contribution in [1.29, 1.82) is 0 Å². The van der Waals surface area contributed by atoms with Crippen LogP contribution in [0.15, 0.2) is 28.7 Å². The summed E-state index contributed by atoms with van der Waals surface area (Å²) in [5.74, 6) is 0.870. The fourth-order valence-corrected chi connectivity index (χ4v) is 3.17. The van der Waals surface area contributed by atoms with Gasteiger partial charge in [-0.05, 0) is 51.5 Å². The molecule has 0 saturated carbocycles. The van der Waals surface area contributed by atoms with Crippen molar-refractivity contribution in [3.8, 4) is 5.75 Å². The quantitative estimate of drug-likeness (QED) is 0.443. The summed E-state index contributed by atoms with van der Waals surface area (Å²) in [6.07, 6.45) is 1.19. The fourth-order valence-electron chi connectivity index (χ4n) is 2.90. The Hall–Kier alpha value is -1.64. The molecule has 1 saturated heterocycles. The first-order valence-corrected chi connectivity index (χ1v) is 10.4. The van der Waals surface area contributed by atoms with E-state index in [4.69, 9.17) is 9.47 Å². The van der Waals surface area contributed by atoms with Gasteiger partial charge in [0, 0.05) is 37.2 Å². The van der Waals surface area contributed by atoms with E-state index < -0.39 is 11.7 Å². The van der Waals surface area contributed by atoms with Crippen molar-refractivity contribution in [3.63, 3.8) is 0 Å². The van der Waals surface area contributed by atoms with Crippen LogP contribution in [-0.2, 0) is 9.53 Å². The number of hydrogen-bond donors (Lipinski definition) is 0. The summed E-state index contributed by atoms with van der Waals surface area (Å²) in [6, 6.07) is 7.82. The Bertz CT molecular complexity index is 625. The van der Waals surface area contributed by atoms with E-state index >= 15 is 0 Å². The van der Waals surface area contributed by atoms with Gasteiger partial charge < -0.3 is 19.2 Å². The summed E-state index contributed by atoms with van der Waals surface area (Å²) >= 11 is 3.41. The summed E-state index contributed by atoms with van der Waals surface area (Å²) in [6.45, 7) is 10.1. The van der Waals surface area contributed by atoms with E-state index in [0.717, 1.165) is 42.6 Å². The Kier molecular flexibility index (Phi) is 8.72. The number of hydrazine groups is 1. The van der Waals surface area contributed by atoms with E-state index in [1.165, 1.54) is 5.01 Å². The van der Waals surface area contributed by atoms with Crippen LogP contribution in [0.25, 0.3) is 0 Å². The molecule has 0 radical (unpaired) electrons. The lowest BCUT2D eigenvalue weighted by molar-refractivity contribution is -0.116. The van der Waals surface area contributed by atoms with Crippen molar-refractivity contribution in [1.82, 2.24) is 14.9 Å². The van der Waals surface area contributed by atoms with Gasteiger partial charge in [-0.2, -0.15) is 0 Å². The zero-order chi connectivity index (χ0) is 20.6. The number of piperazine rings is 1. The van der Waals surface area contributed by atoms with Gasteiger partial charge in [-0.15, -0.1) is 0 Å². The molecule has 0 atom stereocenters. The van der Waals surface area contributed by atoms with Crippen molar-refractivity contribution in [2.24, 2.45) is 0 Å². The van der Waals surface area contributed by atoms with Crippen LogP contribution >= 0.6 is 15.9 Å². The Balaban J connectivity index is 1.72. The number of benzene rings is 1. The highest BCUT2D eigenvalue weighted by Crippen LogP contribution is 2.16. The Morgan fingerprint density at radius 2 is 1.82 bits per heavy atom. The molecule has 7 nitrogen and oxygen atoms in total. The zero-order valence-electron chi connectivity index (χ0n) is 16.9. The van der Waals surface area contributed by atoms with Crippen LogP contribution in [0.1, 0.15) is 27.2 Å². The molecule has 8 heteroatoms. The van der Waals surface area contributed by atoms with E-state index in [0.29, 0.717) is 19.7 Å². The third-order valence-electron chi connectivity index (χ3n) is 4.24. The molecule has 0 bridgehead atoms. The number of amides is 1. The zero-order valence-corrected chi connectivity index (χ0v) is 18.5. The molecule has 0 unspecified atom stereocenters. The van der Waals surface area contributed by atoms with Gasteiger partial charge in [-0.1, -0.05) is 15.9 Å². The number of carbonyl (C=O) groups excluding carboxylic acids is 2. The molecule has 0 aromatic heterocycles. The molecule has 1 aliphatic rings. The van der Waals surface area contributed by atoms with Gasteiger partial charge in [0.05, 0.1) is 13.2 Å². The molecule has 28 heavy (non-hydrogen) atoms. The predicted molar refractivity (Wildman–Crippen MR) is 111 cm³/mol. The van der Waals surface area contributed by atoms with E-state index in [-0.39, 0.29) is 6.54 Å². The van der Waals surface area contributed by atoms with E-state index in [9.17, 15) is 9.59 Å². The molecule has 1 heterocycles. The lowest BCUT2D eigenvalue weighted by atomic mass is 10.2. The van der Waals surface area contributed by atoms with Crippen molar-refractivity contribution < 1.29 is 19.1 Å². The summed E-state index contributed by atoms with van der Waals surface area (Å²) in [5.41, 5.74) is -0.588. The maximum atomic E-state index is 12.4. The molecule has 1 fully saturated rings. The largest absolute Gasteiger partial charge is 0.494 e. The van der Waals surface area contributed by atoms with Crippen LogP contribution in [0.3, 0.4) is 0 Å². The average Bonchev–Trinajstić information content (AvgIpc) is 2.64. The van der Waals surface area contributed by atoms with Crippen LogP contribution in [0.5, 0.6) is 5.75 Å². The van der Waals surface area contributed by atoms with Gasteiger partial charge in [0.15, 0.2) is 0 Å². The number of carbonyl (C=O) groups is 2. The molecular formula is C20H30BrN3O4. The average molecular weight is 456 g/mol. The van der Waals surface area contributed by atoms with Gasteiger partial charge in [0.2, 0.25) is 0 Å². The number of halogens is 1. The Morgan fingerprint density at radius 1 is 1.18 bits per heavy atom. The van der Waals surface area contributed by atoms with Crippen LogP contribution in [0, 0.1) is 0 Å². The number of ether oxygens (including phenoxy) is 2. The molecule has 0 N–H and O–H groups in total. The Labute approximate surface area is 175 Å². The summed E-state index contributed by atoms with van der Waals surface area (Å²) in [5, 5.41) is 3.31. The van der Waals surface area contributed by atoms with Gasteiger partial charge in [0.1, 0.15) is 17.6 Å². The minimum Gasteiger partial charge on any atom is -0.494 e. The maximum absolute atomic E-state index is 12.4. The first-order chi connectivity index (χ1) is 13.3. The second kappa shape index (κ2) is 10.8. The van der Waals surface area contributed by atoms with Crippen molar-refractivity contribution in [3.05, 3.63) is 28.7 Å². The second-order valence-corrected chi connectivity index (χ2v) is 8.60. The van der Waals surface area contributed by atoms with Crippen molar-refractivity contribution in [2.75, 3.05) is 45.9 Å². The van der Waals surface area contributed by atoms with E-state index in [1.54, 1.807) is 0 Å². The molecule has 1 aromatic rings. The van der Waals surface area contributed by atoms with Crippen molar-refractivity contribution >= 4 is 28.3 Å². The second-order valence-electron chi connectivity index (χ2n) is 7.68. The lowest BCUT2D eigenvalue weighted by Gasteiger charge is -2.40. The SMILES string of the molecule is CC(C)(C)OC(=O)N(CC=O)N1CCN(CCCOc2ccc(Br)cc2)CC1. The standard InChI is InChI=1S/C20H30BrN3O4/c1-20(2,3)28-19(26)24(14-15-25)23-12-10-22(11-13-23)9-4-16-27-18-7-5-17(21)6-8-18/h5-8,15H,4,9-14,16H2,1-3H3. The van der Waals surface area contributed by atoms with Gasteiger partial charge >= 0.3 is 6.09 Å². The third-order valence-corrected chi connectivity index (χ3v) is 4.77. The molecule has 0 aliphatic carbocycles. The number of rotatable bonds is 8. The van der Waals surface area contributed by atoms with Crippen LogP contribution in [0.4, 0.5) is 4.79 Å². The van der Waals surface area contributed by atoms with Crippen LogP contribution in [0.2, 0.25) is 0 Å². The first-order valence-electron chi connectivity index (χ1n) is 9.58. The molecule has 2 rings (SSSR count). The number of aldehydes is 1. The highest BCUT2D eigenvalue weighted by Gasteiger charge is 2.29. The van der Waals surface area contributed by atoms with E-state index in [1.807, 2.05) is 50.0 Å². The highest BCUT2D eigenvalue weighted by atomic mass is 79.9. The monoisotopic (exact) mass is 455 g/mol. The maximum Gasteiger partial charge on any atom is 0.425 e. The minimum absolute atomic E-state index is 0.00986. The third kappa shape index (κ3) is 7.77. The molecule has 0 spiro atoms. The predicted octanol–water partition coefficient (Wildman–Crippen LogP) is 3.19. The van der Waals surface area contributed by atoms with Gasteiger partial charge in [0.25, 0.3) is 0 Å². The molecular weight excluding hydrogens is 426 g/mol. The van der Waals surface area contributed by atoms with Crippen molar-refractivity contribution in [2.45, 2.75) is 32.8 Å². The molecule has 1 aliphatic heterocycles. The number of hydrogen-bond acceptors (Lipinski definition) is 6. The van der Waals surface area contributed by atoms with Crippen LogP contribution < -0.4 is 4.74 Å². The topological polar surface area (TPSA) is 62.3 Å². The van der Waals surface area contributed by atoms with Gasteiger partial charge in [-0.25, -0.2) is 14.8 Å². The lowest BCUT2D eigenvalue weighted by Crippen LogP contribution is -2.56. The summed E-state index contributed by atoms with van der Waals surface area (Å²) in [4.78, 5) is 25.7. The number of nitrogens with zero attached hydrogens (tertiary/aromatic N) is 3. The molecule has 156 valence electrons. The smallest absolute Gasteiger partial charge is 0.425 e. The highest BCUT2D eigenvalue weighted by molar-refractivity contribution is 9.10. The molecule has 1 amide bonds. The first kappa shape index (κ1) is 22.6. The summed E-state index contributed by atoms with van der Waals surface area (Å²) < 4.78 is 12.2. The Morgan fingerprint density at radius 3 is 2.39 bits per heavy atom. The minimum atomic E-state index is -0.588. The summed E-state index contributed by atoms with van der Waals surface area (Å²) in [7, 11) is 0. The normalized spacial score (nSPS) is 15.9.